The molecule has 0 saturated carbocycles. The molecular formula is C26H29N5O4S. The largest absolute Gasteiger partial charge is 0.487 e. The molecule has 0 fully saturated rings. The highest BCUT2D eigenvalue weighted by molar-refractivity contribution is 7.92. The van der Waals surface area contributed by atoms with E-state index in [0.717, 1.165) is 5.56 Å². The summed E-state index contributed by atoms with van der Waals surface area (Å²) in [5.41, 5.74) is 8.52. The molecule has 3 aromatic carbocycles. The summed E-state index contributed by atoms with van der Waals surface area (Å²) in [5, 5.41) is 13.4. The van der Waals surface area contributed by atoms with Crippen LogP contribution in [0.15, 0.2) is 83.9 Å². The number of ether oxygens (including phenoxy) is 1. The quantitative estimate of drug-likeness (QED) is 0.199. The van der Waals surface area contributed by atoms with Crippen molar-refractivity contribution in [1.29, 1.82) is 5.41 Å². The smallest absolute Gasteiger partial charge is 0.261 e. The Balaban J connectivity index is 1.83. The summed E-state index contributed by atoms with van der Waals surface area (Å²) in [4.78, 5) is 13.2. The Morgan fingerprint density at radius 2 is 1.81 bits per heavy atom. The molecule has 0 radical (unpaired) electrons. The molecular weight excluding hydrogens is 478 g/mol. The van der Waals surface area contributed by atoms with E-state index in [1.165, 1.54) is 12.1 Å². The molecule has 0 unspecified atom stereocenters. The van der Waals surface area contributed by atoms with E-state index in [2.05, 4.69) is 21.9 Å². The number of carbonyl (C=O) groups excluding carboxylic acids is 1. The minimum absolute atomic E-state index is 0.0902. The Bertz CT molecular complexity index is 1390. The number of rotatable bonds is 11. The van der Waals surface area contributed by atoms with Gasteiger partial charge in [0.15, 0.2) is 0 Å². The van der Waals surface area contributed by atoms with Crippen LogP contribution in [0.2, 0.25) is 0 Å². The summed E-state index contributed by atoms with van der Waals surface area (Å²) in [6.07, 6.45) is 0. The van der Waals surface area contributed by atoms with Crippen molar-refractivity contribution in [3.8, 4) is 5.75 Å². The van der Waals surface area contributed by atoms with Crippen LogP contribution in [-0.2, 0) is 16.6 Å². The molecule has 188 valence electrons. The van der Waals surface area contributed by atoms with Crippen LogP contribution in [0.3, 0.4) is 0 Å². The monoisotopic (exact) mass is 507 g/mol. The van der Waals surface area contributed by atoms with Crippen molar-refractivity contribution in [2.75, 3.05) is 18.4 Å². The van der Waals surface area contributed by atoms with Crippen molar-refractivity contribution in [3.05, 3.63) is 101 Å². The molecule has 1 amide bonds. The Kier molecular flexibility index (Phi) is 8.34. The number of amides is 1. The second-order valence-corrected chi connectivity index (χ2v) is 9.71. The second kappa shape index (κ2) is 11.4. The van der Waals surface area contributed by atoms with E-state index in [0.29, 0.717) is 22.6 Å². The van der Waals surface area contributed by atoms with Gasteiger partial charge in [-0.25, -0.2) is 8.42 Å². The highest BCUT2D eigenvalue weighted by atomic mass is 32.2. The van der Waals surface area contributed by atoms with Crippen LogP contribution in [0.25, 0.3) is 0 Å². The second-order valence-electron chi connectivity index (χ2n) is 8.03. The van der Waals surface area contributed by atoms with E-state index >= 15 is 0 Å². The van der Waals surface area contributed by atoms with Crippen LogP contribution in [0.5, 0.6) is 5.75 Å². The molecule has 0 atom stereocenters. The number of amidine groups is 1. The van der Waals surface area contributed by atoms with Gasteiger partial charge in [-0.3, -0.25) is 14.9 Å². The van der Waals surface area contributed by atoms with Crippen LogP contribution in [0, 0.1) is 12.3 Å². The maximum atomic E-state index is 13.1. The van der Waals surface area contributed by atoms with Crippen molar-refractivity contribution in [2.24, 2.45) is 5.73 Å². The molecule has 0 heterocycles. The number of benzene rings is 3. The molecule has 36 heavy (non-hydrogen) atoms. The number of nitrogens with two attached hydrogens (primary N) is 1. The van der Waals surface area contributed by atoms with Crippen molar-refractivity contribution in [2.45, 2.75) is 18.4 Å². The van der Waals surface area contributed by atoms with Gasteiger partial charge >= 0.3 is 0 Å². The van der Waals surface area contributed by atoms with Crippen LogP contribution >= 0.6 is 0 Å². The van der Waals surface area contributed by atoms with Gasteiger partial charge in [-0.05, 0) is 37.3 Å². The fraction of sp³-hybridized carbons (Fsp3) is 0.154. The average molecular weight is 508 g/mol. The van der Waals surface area contributed by atoms with Crippen molar-refractivity contribution in [3.63, 3.8) is 0 Å². The van der Waals surface area contributed by atoms with Gasteiger partial charge in [-0.1, -0.05) is 48.5 Å². The predicted molar refractivity (Wildman–Crippen MR) is 141 cm³/mol. The highest BCUT2D eigenvalue weighted by Gasteiger charge is 2.19. The molecule has 6 N–H and O–H groups in total. The standard InChI is InChI=1S/C26H29N5O4S/c1-17-9-12-23(31-36(33,34)21-7-5-4-6-8-21)22(13-17)26(32)30-15-20-11-10-19(25(27)28)14-24(20)35-16-18(2)29-3/h4-14,29,31H,2,15-16H2,1,3H3,(H3,27,28)(H,30,32). The number of nitrogens with one attached hydrogen (secondary N) is 4. The minimum atomic E-state index is -3.88. The van der Waals surface area contributed by atoms with Gasteiger partial charge < -0.3 is 21.1 Å². The summed E-state index contributed by atoms with van der Waals surface area (Å²) < 4.78 is 34.0. The van der Waals surface area contributed by atoms with Gasteiger partial charge in [-0.2, -0.15) is 0 Å². The number of aryl methyl sites for hydroxylation is 1. The Morgan fingerprint density at radius 3 is 2.47 bits per heavy atom. The van der Waals surface area contributed by atoms with Crippen LogP contribution in [-0.4, -0.2) is 33.8 Å². The topological polar surface area (TPSA) is 146 Å². The fourth-order valence-corrected chi connectivity index (χ4v) is 4.35. The third kappa shape index (κ3) is 6.63. The van der Waals surface area contributed by atoms with E-state index in [4.69, 9.17) is 15.9 Å². The zero-order valence-corrected chi connectivity index (χ0v) is 20.9. The molecule has 0 saturated heterocycles. The molecule has 0 bridgehead atoms. The zero-order valence-electron chi connectivity index (χ0n) is 20.1. The minimum Gasteiger partial charge on any atom is -0.487 e. The molecule has 9 nitrogen and oxygen atoms in total. The van der Waals surface area contributed by atoms with E-state index in [1.54, 1.807) is 61.6 Å². The first-order valence-electron chi connectivity index (χ1n) is 11.0. The maximum Gasteiger partial charge on any atom is 0.261 e. The molecule has 0 aliphatic heterocycles. The lowest BCUT2D eigenvalue weighted by atomic mass is 10.1. The van der Waals surface area contributed by atoms with E-state index in [1.807, 2.05) is 6.92 Å². The van der Waals surface area contributed by atoms with Gasteiger partial charge in [0.05, 0.1) is 16.1 Å². The Hall–Kier alpha value is -4.31. The molecule has 0 aliphatic rings. The first kappa shape index (κ1) is 26.3. The third-order valence-corrected chi connectivity index (χ3v) is 6.67. The SMILES string of the molecule is C=C(COc1cc(C(=N)N)ccc1CNC(=O)c1cc(C)ccc1NS(=O)(=O)c1ccccc1)NC. The molecule has 3 rings (SSSR count). The highest BCUT2D eigenvalue weighted by Crippen LogP contribution is 2.24. The van der Waals surface area contributed by atoms with Crippen molar-refractivity contribution >= 4 is 27.5 Å². The normalized spacial score (nSPS) is 10.8. The number of nitrogen functional groups attached to an aromatic ring is 1. The summed E-state index contributed by atoms with van der Waals surface area (Å²) in [7, 11) is -2.16. The number of hydrogen-bond acceptors (Lipinski definition) is 6. The van der Waals surface area contributed by atoms with E-state index in [9.17, 15) is 13.2 Å². The zero-order chi connectivity index (χ0) is 26.3. The fourth-order valence-electron chi connectivity index (χ4n) is 3.25. The predicted octanol–water partition coefficient (Wildman–Crippen LogP) is 3.12. The number of hydrogen-bond donors (Lipinski definition) is 5. The lowest BCUT2D eigenvalue weighted by molar-refractivity contribution is 0.0951. The number of anilines is 1. The van der Waals surface area contributed by atoms with Gasteiger partial charge in [0.2, 0.25) is 0 Å². The molecule has 10 heteroatoms. The lowest BCUT2D eigenvalue weighted by Gasteiger charge is -2.16. The molecule has 0 aliphatic carbocycles. The summed E-state index contributed by atoms with van der Waals surface area (Å²) in [6.45, 7) is 5.92. The Morgan fingerprint density at radius 1 is 1.08 bits per heavy atom. The van der Waals surface area contributed by atoms with Crippen LogP contribution in [0.4, 0.5) is 5.69 Å². The first-order valence-corrected chi connectivity index (χ1v) is 12.5. The van der Waals surface area contributed by atoms with Crippen LogP contribution < -0.4 is 25.8 Å². The average Bonchev–Trinajstić information content (AvgIpc) is 2.87. The first-order chi connectivity index (χ1) is 17.1. The molecule has 0 aromatic heterocycles. The van der Waals surface area contributed by atoms with Gasteiger partial charge in [0.1, 0.15) is 18.2 Å². The third-order valence-electron chi connectivity index (χ3n) is 5.29. The van der Waals surface area contributed by atoms with Gasteiger partial charge in [-0.15, -0.1) is 0 Å². The molecule has 3 aromatic rings. The van der Waals surface area contributed by atoms with E-state index < -0.39 is 15.9 Å². The number of likely N-dealkylation sites (N-methyl/N-ethyl adjacent to an activating group) is 1. The maximum absolute atomic E-state index is 13.1. The van der Waals surface area contributed by atoms with Crippen molar-refractivity contribution < 1.29 is 17.9 Å². The van der Waals surface area contributed by atoms with E-state index in [-0.39, 0.29) is 35.1 Å². The number of sulfonamides is 1. The van der Waals surface area contributed by atoms with Crippen molar-refractivity contribution in [1.82, 2.24) is 10.6 Å². The van der Waals surface area contributed by atoms with Crippen LogP contribution in [0.1, 0.15) is 27.0 Å². The van der Waals surface area contributed by atoms with Gasteiger partial charge in [0.25, 0.3) is 15.9 Å². The molecule has 0 spiro atoms. The number of carbonyl (C=O) groups is 1. The lowest BCUT2D eigenvalue weighted by Crippen LogP contribution is -2.25. The Labute approximate surface area is 210 Å². The summed E-state index contributed by atoms with van der Waals surface area (Å²) >= 11 is 0. The summed E-state index contributed by atoms with van der Waals surface area (Å²) in [5.74, 6) is -0.141. The summed E-state index contributed by atoms with van der Waals surface area (Å²) in [6, 6.07) is 17.8. The van der Waals surface area contributed by atoms with Gasteiger partial charge in [0, 0.05) is 30.4 Å².